The quantitative estimate of drug-likeness (QED) is 0.605. The van der Waals surface area contributed by atoms with Gasteiger partial charge in [-0.15, -0.1) is 11.8 Å². The van der Waals surface area contributed by atoms with E-state index in [1.165, 1.54) is 21.2 Å². The summed E-state index contributed by atoms with van der Waals surface area (Å²) in [6.45, 7) is 0. The Morgan fingerprint density at radius 2 is 1.84 bits per heavy atom. The molecule has 2 aromatic carbocycles. The van der Waals surface area contributed by atoms with Crippen LogP contribution in [0.25, 0.3) is 10.8 Å². The lowest BCUT2D eigenvalue weighted by molar-refractivity contribution is 1.33. The van der Waals surface area contributed by atoms with Gasteiger partial charge in [-0.25, -0.2) is 0 Å². The number of aromatic nitrogens is 1. The van der Waals surface area contributed by atoms with E-state index in [0.29, 0.717) is 0 Å². The number of hydrogen-bond donors (Lipinski definition) is 0. The fourth-order valence-corrected chi connectivity index (χ4v) is 3.33. The second-order valence-corrected chi connectivity index (χ2v) is 6.18. The third-order valence-electron chi connectivity index (χ3n) is 2.93. The highest BCUT2D eigenvalue weighted by atomic mass is 79.9. The van der Waals surface area contributed by atoms with Gasteiger partial charge in [0.2, 0.25) is 0 Å². The first-order valence-electron chi connectivity index (χ1n) is 6.03. The van der Waals surface area contributed by atoms with Crippen LogP contribution in [0.15, 0.2) is 70.3 Å². The molecule has 0 N–H and O–H groups in total. The van der Waals surface area contributed by atoms with Crippen LogP contribution in [0.5, 0.6) is 0 Å². The first-order chi connectivity index (χ1) is 9.33. The summed E-state index contributed by atoms with van der Waals surface area (Å²) in [5.41, 5.74) is 1.35. The summed E-state index contributed by atoms with van der Waals surface area (Å²) in [6.07, 6.45) is 3.74. The van der Waals surface area contributed by atoms with Crippen LogP contribution in [0.3, 0.4) is 0 Å². The van der Waals surface area contributed by atoms with Crippen molar-refractivity contribution < 1.29 is 0 Å². The van der Waals surface area contributed by atoms with Gasteiger partial charge in [-0.3, -0.25) is 4.98 Å². The van der Waals surface area contributed by atoms with E-state index in [4.69, 9.17) is 0 Å². The van der Waals surface area contributed by atoms with Crippen molar-refractivity contribution in [2.24, 2.45) is 0 Å². The molecule has 3 rings (SSSR count). The second-order valence-electron chi connectivity index (χ2n) is 4.28. The monoisotopic (exact) mass is 329 g/mol. The van der Waals surface area contributed by atoms with Gasteiger partial charge in [0.15, 0.2) is 0 Å². The fourth-order valence-electron chi connectivity index (χ4n) is 1.95. The number of fused-ring (bicyclic) bond motifs is 1. The van der Waals surface area contributed by atoms with Crippen molar-refractivity contribution in [2.45, 2.75) is 10.6 Å². The number of pyridine rings is 1. The maximum absolute atomic E-state index is 4.22. The molecular weight excluding hydrogens is 318 g/mol. The highest BCUT2D eigenvalue weighted by molar-refractivity contribution is 9.10. The molecule has 0 aliphatic carbocycles. The van der Waals surface area contributed by atoms with Gasteiger partial charge >= 0.3 is 0 Å². The van der Waals surface area contributed by atoms with Crippen molar-refractivity contribution in [3.63, 3.8) is 0 Å². The van der Waals surface area contributed by atoms with Gasteiger partial charge < -0.3 is 0 Å². The fraction of sp³-hybridized carbons (Fsp3) is 0.0625. The highest BCUT2D eigenvalue weighted by Crippen LogP contribution is 2.29. The molecule has 3 heteroatoms. The molecule has 1 aromatic heterocycles. The maximum Gasteiger partial charge on any atom is 0.0437 e. The zero-order chi connectivity index (χ0) is 13.1. The van der Waals surface area contributed by atoms with Crippen molar-refractivity contribution >= 4 is 38.5 Å². The molecule has 0 amide bonds. The first-order valence-corrected chi connectivity index (χ1v) is 7.81. The molecule has 1 heterocycles. The molecule has 1 nitrogen and oxygen atoms in total. The number of nitrogens with zero attached hydrogens (tertiary/aromatic N) is 1. The minimum absolute atomic E-state index is 0.994. The summed E-state index contributed by atoms with van der Waals surface area (Å²) in [5.74, 6) is 0.994. The van der Waals surface area contributed by atoms with Crippen LogP contribution in [-0.4, -0.2) is 4.98 Å². The SMILES string of the molecule is Brc1cncc2cc(SCc3ccccc3)ccc12. The largest absolute Gasteiger partial charge is 0.263 e. The lowest BCUT2D eigenvalue weighted by atomic mass is 10.2. The van der Waals surface area contributed by atoms with E-state index in [1.54, 1.807) is 0 Å². The number of benzene rings is 2. The molecule has 3 aromatic rings. The predicted octanol–water partition coefficient (Wildman–Crippen LogP) is 5.29. The van der Waals surface area contributed by atoms with Crippen LogP contribution in [0, 0.1) is 0 Å². The molecule has 0 atom stereocenters. The van der Waals surface area contributed by atoms with Crippen molar-refractivity contribution in [1.82, 2.24) is 4.98 Å². The van der Waals surface area contributed by atoms with Crippen molar-refractivity contribution in [3.8, 4) is 0 Å². The molecule has 94 valence electrons. The Bertz CT molecular complexity index is 697. The van der Waals surface area contributed by atoms with E-state index in [2.05, 4.69) is 63.4 Å². The normalized spacial score (nSPS) is 10.8. The third kappa shape index (κ3) is 2.99. The maximum atomic E-state index is 4.22. The van der Waals surface area contributed by atoms with E-state index in [0.717, 1.165) is 10.2 Å². The molecule has 0 radical (unpaired) electrons. The molecule has 0 aliphatic rings. The Kier molecular flexibility index (Phi) is 3.85. The minimum atomic E-state index is 0.994. The van der Waals surface area contributed by atoms with Gasteiger partial charge in [0, 0.05) is 32.9 Å². The Balaban J connectivity index is 1.82. The van der Waals surface area contributed by atoms with Crippen molar-refractivity contribution in [3.05, 3.63) is 71.0 Å². The van der Waals surface area contributed by atoms with E-state index in [9.17, 15) is 0 Å². The van der Waals surface area contributed by atoms with E-state index in [-0.39, 0.29) is 0 Å². The average Bonchev–Trinajstić information content (AvgIpc) is 2.46. The highest BCUT2D eigenvalue weighted by Gasteiger charge is 2.01. The van der Waals surface area contributed by atoms with Crippen LogP contribution in [0.4, 0.5) is 0 Å². The summed E-state index contributed by atoms with van der Waals surface area (Å²) >= 11 is 5.38. The van der Waals surface area contributed by atoms with Crippen LogP contribution in [0.1, 0.15) is 5.56 Å². The van der Waals surface area contributed by atoms with Gasteiger partial charge in [0.05, 0.1) is 0 Å². The van der Waals surface area contributed by atoms with Gasteiger partial charge in [-0.05, 0) is 39.0 Å². The van der Waals surface area contributed by atoms with Crippen molar-refractivity contribution in [2.75, 3.05) is 0 Å². The lowest BCUT2D eigenvalue weighted by Gasteiger charge is -2.05. The Hall–Kier alpha value is -1.32. The van der Waals surface area contributed by atoms with Crippen LogP contribution < -0.4 is 0 Å². The number of rotatable bonds is 3. The molecule has 0 saturated heterocycles. The molecular formula is C16H12BrNS. The van der Waals surface area contributed by atoms with Crippen molar-refractivity contribution in [1.29, 1.82) is 0 Å². The minimum Gasteiger partial charge on any atom is -0.263 e. The topological polar surface area (TPSA) is 12.9 Å². The summed E-state index contributed by atoms with van der Waals surface area (Å²) in [4.78, 5) is 5.49. The van der Waals surface area contributed by atoms with Gasteiger partial charge in [0.1, 0.15) is 0 Å². The van der Waals surface area contributed by atoms with E-state index >= 15 is 0 Å². The number of thioether (sulfide) groups is 1. The Morgan fingerprint density at radius 3 is 2.68 bits per heavy atom. The molecule has 0 spiro atoms. The molecule has 0 unspecified atom stereocenters. The van der Waals surface area contributed by atoms with Crippen LogP contribution in [-0.2, 0) is 5.75 Å². The standard InChI is InChI=1S/C16H12BrNS/c17-16-10-18-9-13-8-14(6-7-15(13)16)19-11-12-4-2-1-3-5-12/h1-10H,11H2. The lowest BCUT2D eigenvalue weighted by Crippen LogP contribution is -1.82. The smallest absolute Gasteiger partial charge is 0.0437 e. The zero-order valence-corrected chi connectivity index (χ0v) is 12.6. The van der Waals surface area contributed by atoms with E-state index < -0.39 is 0 Å². The molecule has 0 aliphatic heterocycles. The Morgan fingerprint density at radius 1 is 1.00 bits per heavy atom. The van der Waals surface area contributed by atoms with Gasteiger partial charge in [-0.1, -0.05) is 36.4 Å². The van der Waals surface area contributed by atoms with E-state index in [1.807, 2.05) is 30.2 Å². The van der Waals surface area contributed by atoms with Crippen LogP contribution in [0.2, 0.25) is 0 Å². The summed E-state index contributed by atoms with van der Waals surface area (Å²) in [5, 5.41) is 2.38. The number of halogens is 1. The summed E-state index contributed by atoms with van der Waals surface area (Å²) in [7, 11) is 0. The molecule has 19 heavy (non-hydrogen) atoms. The van der Waals surface area contributed by atoms with Gasteiger partial charge in [0.25, 0.3) is 0 Å². The summed E-state index contributed by atoms with van der Waals surface area (Å²) < 4.78 is 1.05. The first kappa shape index (κ1) is 12.7. The summed E-state index contributed by atoms with van der Waals surface area (Å²) in [6, 6.07) is 17.0. The Labute approximate surface area is 125 Å². The average molecular weight is 330 g/mol. The second kappa shape index (κ2) is 5.76. The van der Waals surface area contributed by atoms with Gasteiger partial charge in [-0.2, -0.15) is 0 Å². The molecule has 0 fully saturated rings. The molecule has 0 bridgehead atoms. The zero-order valence-electron chi connectivity index (χ0n) is 10.2. The van der Waals surface area contributed by atoms with Crippen LogP contribution >= 0.6 is 27.7 Å². The third-order valence-corrected chi connectivity index (χ3v) is 4.63. The number of hydrogen-bond acceptors (Lipinski definition) is 2. The molecule has 0 saturated carbocycles. The predicted molar refractivity (Wildman–Crippen MR) is 85.4 cm³/mol.